The second-order valence-electron chi connectivity index (χ2n) is 6.38. The van der Waals surface area contributed by atoms with Gasteiger partial charge in [0.05, 0.1) is 11.6 Å². The molecule has 4 rings (SSSR count). The van der Waals surface area contributed by atoms with Crippen LogP contribution in [0.2, 0.25) is 5.02 Å². The zero-order valence-corrected chi connectivity index (χ0v) is 17.5. The summed E-state index contributed by atoms with van der Waals surface area (Å²) in [5.74, 6) is 3.01. The minimum absolute atomic E-state index is 0.307. The number of nitrogens with zero attached hydrogens (tertiary/aromatic N) is 3. The number of halogens is 1. The number of hydrogen-bond acceptors (Lipinski definition) is 5. The lowest BCUT2D eigenvalue weighted by atomic mass is 10.1. The van der Waals surface area contributed by atoms with Gasteiger partial charge in [-0.2, -0.15) is 0 Å². The molecule has 0 unspecified atom stereocenters. The van der Waals surface area contributed by atoms with E-state index in [1.807, 2.05) is 48.0 Å². The van der Waals surface area contributed by atoms with Gasteiger partial charge < -0.3 is 14.0 Å². The van der Waals surface area contributed by atoms with E-state index in [2.05, 4.69) is 34.5 Å². The lowest BCUT2D eigenvalue weighted by Crippen LogP contribution is -2.05. The fourth-order valence-electron chi connectivity index (χ4n) is 2.85. The van der Waals surface area contributed by atoms with E-state index in [9.17, 15) is 0 Å². The van der Waals surface area contributed by atoms with Crippen LogP contribution in [0.1, 0.15) is 5.82 Å². The first-order chi connectivity index (χ1) is 14.2. The summed E-state index contributed by atoms with van der Waals surface area (Å²) in [6.45, 7) is 0.892. The van der Waals surface area contributed by atoms with Crippen LogP contribution in [0, 0.1) is 0 Å². The summed E-state index contributed by atoms with van der Waals surface area (Å²) in [4.78, 5) is 0. The van der Waals surface area contributed by atoms with Crippen molar-refractivity contribution in [3.63, 3.8) is 0 Å². The number of aromatic nitrogens is 3. The molecule has 5 nitrogen and oxygen atoms in total. The van der Waals surface area contributed by atoms with Crippen LogP contribution in [-0.4, -0.2) is 27.1 Å². The van der Waals surface area contributed by atoms with E-state index in [0.29, 0.717) is 24.0 Å². The molecule has 0 spiro atoms. The number of benzene rings is 3. The van der Waals surface area contributed by atoms with Gasteiger partial charge in [0, 0.05) is 12.8 Å². The first kappa shape index (κ1) is 19.6. The van der Waals surface area contributed by atoms with Crippen molar-refractivity contribution < 1.29 is 9.47 Å². The Morgan fingerprint density at radius 1 is 0.931 bits per heavy atom. The van der Waals surface area contributed by atoms with Gasteiger partial charge in [0.1, 0.15) is 18.1 Å². The SMILES string of the molecule is Cn1c(COc2ccccc2Cl)nnc1SCCOc1ccc2ccccc2c1. The molecule has 0 aliphatic rings. The quantitative estimate of drug-likeness (QED) is 0.280. The van der Waals surface area contributed by atoms with E-state index in [4.69, 9.17) is 21.1 Å². The first-order valence-electron chi connectivity index (χ1n) is 9.21. The van der Waals surface area contributed by atoms with Crippen molar-refractivity contribution in [1.82, 2.24) is 14.8 Å². The standard InChI is InChI=1S/C22H20ClN3O2S/c1-26-21(15-28-20-9-5-4-8-19(20)23)24-25-22(26)29-13-12-27-18-11-10-16-6-2-3-7-17(16)14-18/h2-11,14H,12-13,15H2,1H3. The van der Waals surface area contributed by atoms with Gasteiger partial charge in [0.25, 0.3) is 0 Å². The fourth-order valence-corrected chi connectivity index (χ4v) is 3.79. The van der Waals surface area contributed by atoms with Gasteiger partial charge in [-0.25, -0.2) is 0 Å². The normalized spacial score (nSPS) is 11.0. The van der Waals surface area contributed by atoms with Crippen LogP contribution in [0.4, 0.5) is 0 Å². The zero-order chi connectivity index (χ0) is 20.1. The molecule has 4 aromatic rings. The molecule has 0 saturated carbocycles. The average Bonchev–Trinajstić information content (AvgIpc) is 3.10. The highest BCUT2D eigenvalue weighted by atomic mass is 35.5. The predicted molar refractivity (Wildman–Crippen MR) is 117 cm³/mol. The molecule has 7 heteroatoms. The number of hydrogen-bond donors (Lipinski definition) is 0. The summed E-state index contributed by atoms with van der Waals surface area (Å²) in [6.07, 6.45) is 0. The maximum Gasteiger partial charge on any atom is 0.191 e. The van der Waals surface area contributed by atoms with Crippen LogP contribution in [0.15, 0.2) is 71.9 Å². The Hall–Kier alpha value is -2.70. The van der Waals surface area contributed by atoms with Gasteiger partial charge >= 0.3 is 0 Å². The van der Waals surface area contributed by atoms with Gasteiger partial charge in [0.2, 0.25) is 0 Å². The van der Waals surface area contributed by atoms with Crippen LogP contribution in [-0.2, 0) is 13.7 Å². The first-order valence-corrected chi connectivity index (χ1v) is 10.6. The third-order valence-electron chi connectivity index (χ3n) is 4.42. The molecule has 0 N–H and O–H groups in total. The van der Waals surface area contributed by atoms with Crippen LogP contribution in [0.3, 0.4) is 0 Å². The second kappa shape index (κ2) is 9.20. The largest absolute Gasteiger partial charge is 0.493 e. The molecular weight excluding hydrogens is 406 g/mol. The van der Waals surface area contributed by atoms with Crippen molar-refractivity contribution in [1.29, 1.82) is 0 Å². The lowest BCUT2D eigenvalue weighted by Gasteiger charge is -2.08. The third-order valence-corrected chi connectivity index (χ3v) is 5.72. The predicted octanol–water partition coefficient (Wildman–Crippen LogP) is 5.37. The molecule has 0 aliphatic heterocycles. The van der Waals surface area contributed by atoms with Crippen molar-refractivity contribution >= 4 is 34.1 Å². The lowest BCUT2D eigenvalue weighted by molar-refractivity contribution is 0.290. The van der Waals surface area contributed by atoms with Gasteiger partial charge in [-0.3, -0.25) is 0 Å². The minimum Gasteiger partial charge on any atom is -0.493 e. The van der Waals surface area contributed by atoms with Crippen LogP contribution < -0.4 is 9.47 Å². The maximum atomic E-state index is 6.12. The Kier molecular flexibility index (Phi) is 6.22. The molecule has 0 saturated heterocycles. The average molecular weight is 426 g/mol. The summed E-state index contributed by atoms with van der Waals surface area (Å²) in [5, 5.41) is 12.2. The Morgan fingerprint density at radius 3 is 2.59 bits per heavy atom. The summed E-state index contributed by atoms with van der Waals surface area (Å²) in [6, 6.07) is 21.8. The van der Waals surface area contributed by atoms with Crippen LogP contribution in [0.5, 0.6) is 11.5 Å². The topological polar surface area (TPSA) is 49.2 Å². The van der Waals surface area contributed by atoms with Gasteiger partial charge in [-0.05, 0) is 35.0 Å². The van der Waals surface area contributed by atoms with E-state index in [0.717, 1.165) is 22.5 Å². The Bertz CT molecular complexity index is 1120. The van der Waals surface area contributed by atoms with E-state index in [1.165, 1.54) is 10.8 Å². The summed E-state index contributed by atoms with van der Waals surface area (Å²) >= 11 is 7.72. The number of rotatable bonds is 8. The van der Waals surface area contributed by atoms with E-state index in [1.54, 1.807) is 17.8 Å². The molecule has 1 aromatic heterocycles. The third kappa shape index (κ3) is 4.83. The number of thioether (sulfide) groups is 1. The molecule has 0 bridgehead atoms. The van der Waals surface area contributed by atoms with Crippen LogP contribution >= 0.6 is 23.4 Å². The molecular formula is C22H20ClN3O2S. The summed E-state index contributed by atoms with van der Waals surface area (Å²) < 4.78 is 13.6. The fraction of sp³-hybridized carbons (Fsp3) is 0.182. The molecule has 0 amide bonds. The van der Waals surface area contributed by atoms with Crippen molar-refractivity contribution in [2.75, 3.05) is 12.4 Å². The smallest absolute Gasteiger partial charge is 0.191 e. The molecule has 29 heavy (non-hydrogen) atoms. The Morgan fingerprint density at radius 2 is 1.72 bits per heavy atom. The molecule has 0 atom stereocenters. The number of fused-ring (bicyclic) bond motifs is 1. The van der Waals surface area contributed by atoms with Gasteiger partial charge in [-0.1, -0.05) is 65.8 Å². The van der Waals surface area contributed by atoms with Crippen molar-refractivity contribution in [3.05, 3.63) is 77.6 Å². The highest BCUT2D eigenvalue weighted by Crippen LogP contribution is 2.25. The molecule has 1 heterocycles. The number of ether oxygens (including phenoxy) is 2. The molecule has 0 radical (unpaired) electrons. The highest BCUT2D eigenvalue weighted by Gasteiger charge is 2.11. The molecule has 148 valence electrons. The second-order valence-corrected chi connectivity index (χ2v) is 7.85. The Labute approximate surface area is 178 Å². The van der Waals surface area contributed by atoms with Gasteiger partial charge in [0.15, 0.2) is 11.0 Å². The molecule has 3 aromatic carbocycles. The van der Waals surface area contributed by atoms with Crippen molar-refractivity contribution in [2.45, 2.75) is 11.8 Å². The van der Waals surface area contributed by atoms with E-state index >= 15 is 0 Å². The number of para-hydroxylation sites is 1. The minimum atomic E-state index is 0.307. The van der Waals surface area contributed by atoms with E-state index < -0.39 is 0 Å². The summed E-state index contributed by atoms with van der Waals surface area (Å²) in [7, 11) is 1.93. The summed E-state index contributed by atoms with van der Waals surface area (Å²) in [5.41, 5.74) is 0. The maximum absolute atomic E-state index is 6.12. The van der Waals surface area contributed by atoms with Crippen molar-refractivity contribution in [3.8, 4) is 11.5 Å². The Balaban J connectivity index is 1.28. The zero-order valence-electron chi connectivity index (χ0n) is 15.9. The van der Waals surface area contributed by atoms with Crippen molar-refractivity contribution in [2.24, 2.45) is 7.05 Å². The monoisotopic (exact) mass is 425 g/mol. The molecule has 0 fully saturated rings. The van der Waals surface area contributed by atoms with Gasteiger partial charge in [-0.15, -0.1) is 10.2 Å². The van der Waals surface area contributed by atoms with Crippen LogP contribution in [0.25, 0.3) is 10.8 Å². The molecule has 0 aliphatic carbocycles. The van der Waals surface area contributed by atoms with E-state index in [-0.39, 0.29) is 0 Å². The highest BCUT2D eigenvalue weighted by molar-refractivity contribution is 7.99.